The van der Waals surface area contributed by atoms with Crippen LogP contribution in [0.25, 0.3) is 0 Å². The van der Waals surface area contributed by atoms with E-state index < -0.39 is 5.97 Å². The second kappa shape index (κ2) is 7.09. The number of nitrogens with one attached hydrogen (secondary N) is 1. The maximum atomic E-state index is 11.3. The molecule has 0 saturated carbocycles. The van der Waals surface area contributed by atoms with Crippen LogP contribution in [0.1, 0.15) is 46.8 Å². The van der Waals surface area contributed by atoms with Crippen LogP contribution in [0.3, 0.4) is 0 Å². The minimum absolute atomic E-state index is 0.234. The molecule has 1 aromatic heterocycles. The summed E-state index contributed by atoms with van der Waals surface area (Å²) in [7, 11) is 1.34. The van der Waals surface area contributed by atoms with Gasteiger partial charge in [-0.1, -0.05) is 36.8 Å². The Balaban J connectivity index is 1.98. The topological polar surface area (TPSA) is 51.5 Å². The number of esters is 1. The van der Waals surface area contributed by atoms with Gasteiger partial charge in [-0.05, 0) is 31.0 Å². The normalized spacial score (nSPS) is 12.1. The van der Waals surface area contributed by atoms with Crippen LogP contribution in [0.15, 0.2) is 40.8 Å². The highest BCUT2D eigenvalue weighted by Crippen LogP contribution is 2.18. The molecule has 21 heavy (non-hydrogen) atoms. The van der Waals surface area contributed by atoms with E-state index in [2.05, 4.69) is 48.2 Å². The number of furan rings is 1. The van der Waals surface area contributed by atoms with Gasteiger partial charge in [-0.25, -0.2) is 4.79 Å². The van der Waals surface area contributed by atoms with Crippen molar-refractivity contribution in [1.82, 2.24) is 5.32 Å². The predicted octanol–water partition coefficient (Wildman–Crippen LogP) is 3.62. The highest BCUT2D eigenvalue weighted by atomic mass is 16.5. The lowest BCUT2D eigenvalue weighted by Crippen LogP contribution is -2.20. The highest BCUT2D eigenvalue weighted by Gasteiger charge is 2.13. The third-order valence-corrected chi connectivity index (χ3v) is 3.46. The fraction of sp³-hybridized carbons (Fsp3) is 0.353. The lowest BCUT2D eigenvalue weighted by Gasteiger charge is -2.17. The van der Waals surface area contributed by atoms with E-state index in [-0.39, 0.29) is 11.8 Å². The second-order valence-electron chi connectivity index (χ2n) is 5.01. The van der Waals surface area contributed by atoms with E-state index >= 15 is 0 Å². The Kier molecular flexibility index (Phi) is 5.17. The molecule has 0 saturated heterocycles. The zero-order chi connectivity index (χ0) is 15.2. The Morgan fingerprint density at radius 1 is 1.24 bits per heavy atom. The number of rotatable bonds is 6. The average Bonchev–Trinajstić information content (AvgIpc) is 2.97. The van der Waals surface area contributed by atoms with Crippen LogP contribution < -0.4 is 5.32 Å². The van der Waals surface area contributed by atoms with Crippen molar-refractivity contribution in [2.75, 3.05) is 7.11 Å². The van der Waals surface area contributed by atoms with Crippen molar-refractivity contribution in [1.29, 1.82) is 0 Å². The van der Waals surface area contributed by atoms with E-state index in [1.807, 2.05) is 0 Å². The van der Waals surface area contributed by atoms with Gasteiger partial charge in [0.15, 0.2) is 0 Å². The van der Waals surface area contributed by atoms with Gasteiger partial charge in [0.2, 0.25) is 5.76 Å². The summed E-state index contributed by atoms with van der Waals surface area (Å²) >= 11 is 0. The number of benzene rings is 1. The second-order valence-corrected chi connectivity index (χ2v) is 5.01. The molecule has 0 spiro atoms. The first kappa shape index (κ1) is 15.3. The lowest BCUT2D eigenvalue weighted by atomic mass is 10.0. The zero-order valence-electron chi connectivity index (χ0n) is 12.7. The molecule has 112 valence electrons. The molecule has 1 N–H and O–H groups in total. The largest absolute Gasteiger partial charge is 0.463 e. The number of carbonyl (C=O) groups excluding carboxylic acids is 1. The van der Waals surface area contributed by atoms with E-state index in [0.29, 0.717) is 6.54 Å². The monoisotopic (exact) mass is 287 g/mol. The van der Waals surface area contributed by atoms with E-state index in [1.165, 1.54) is 18.2 Å². The number of hydrogen-bond acceptors (Lipinski definition) is 4. The van der Waals surface area contributed by atoms with Crippen LogP contribution in [0.2, 0.25) is 0 Å². The van der Waals surface area contributed by atoms with Gasteiger partial charge in [0, 0.05) is 6.04 Å². The Morgan fingerprint density at radius 2 is 1.95 bits per heavy atom. The van der Waals surface area contributed by atoms with Crippen LogP contribution in [0, 0.1) is 6.92 Å². The van der Waals surface area contributed by atoms with Crippen molar-refractivity contribution in [3.05, 3.63) is 59.0 Å². The molecule has 0 bridgehead atoms. The molecular formula is C17H21NO3. The summed E-state index contributed by atoms with van der Waals surface area (Å²) in [5.41, 5.74) is 2.50. The number of methoxy groups -OCH3 is 1. The molecule has 1 atom stereocenters. The Hall–Kier alpha value is -2.07. The third-order valence-electron chi connectivity index (χ3n) is 3.46. The Morgan fingerprint density at radius 3 is 2.57 bits per heavy atom. The first-order valence-corrected chi connectivity index (χ1v) is 7.11. The van der Waals surface area contributed by atoms with Crippen molar-refractivity contribution >= 4 is 5.97 Å². The molecule has 2 aromatic rings. The molecular weight excluding hydrogens is 266 g/mol. The number of aryl methyl sites for hydroxylation is 1. The lowest BCUT2D eigenvalue weighted by molar-refractivity contribution is 0.0562. The summed E-state index contributed by atoms with van der Waals surface area (Å²) in [6, 6.07) is 12.2. The summed E-state index contributed by atoms with van der Waals surface area (Å²) in [6.07, 6.45) is 0.980. The summed E-state index contributed by atoms with van der Waals surface area (Å²) in [5, 5.41) is 3.45. The van der Waals surface area contributed by atoms with Gasteiger partial charge < -0.3 is 14.5 Å². The summed E-state index contributed by atoms with van der Waals surface area (Å²) in [5.74, 6) is 0.505. The molecule has 0 aliphatic rings. The standard InChI is InChI=1S/C17H21NO3/c1-4-15(13-7-5-12(2)6-8-13)18-11-14-9-10-16(21-14)17(19)20-3/h5-10,15,18H,4,11H2,1-3H3. The molecule has 0 aliphatic heterocycles. The van der Waals surface area contributed by atoms with E-state index in [0.717, 1.165) is 12.2 Å². The van der Waals surface area contributed by atoms with Crippen molar-refractivity contribution in [2.24, 2.45) is 0 Å². The fourth-order valence-electron chi connectivity index (χ4n) is 2.20. The summed E-state index contributed by atoms with van der Waals surface area (Å²) in [4.78, 5) is 11.3. The number of ether oxygens (including phenoxy) is 1. The smallest absolute Gasteiger partial charge is 0.373 e. The molecule has 4 heteroatoms. The number of hydrogen-bond donors (Lipinski definition) is 1. The zero-order valence-corrected chi connectivity index (χ0v) is 12.7. The molecule has 2 rings (SSSR count). The van der Waals surface area contributed by atoms with Crippen molar-refractivity contribution in [3.63, 3.8) is 0 Å². The van der Waals surface area contributed by atoms with E-state index in [9.17, 15) is 4.79 Å². The van der Waals surface area contributed by atoms with Gasteiger partial charge in [-0.3, -0.25) is 0 Å². The fourth-order valence-corrected chi connectivity index (χ4v) is 2.20. The quantitative estimate of drug-likeness (QED) is 0.824. The summed E-state index contributed by atoms with van der Waals surface area (Å²) in [6.45, 7) is 4.79. The molecule has 0 fully saturated rings. The van der Waals surface area contributed by atoms with Crippen LogP contribution >= 0.6 is 0 Å². The molecule has 0 radical (unpaired) electrons. The van der Waals surface area contributed by atoms with Gasteiger partial charge >= 0.3 is 5.97 Å². The minimum Gasteiger partial charge on any atom is -0.463 e. The molecule has 0 aliphatic carbocycles. The molecule has 0 amide bonds. The molecule has 1 aromatic carbocycles. The predicted molar refractivity (Wildman–Crippen MR) is 81.1 cm³/mol. The highest BCUT2D eigenvalue weighted by molar-refractivity contribution is 5.86. The van der Waals surface area contributed by atoms with Crippen molar-refractivity contribution < 1.29 is 13.9 Å². The Labute approximate surface area is 125 Å². The van der Waals surface area contributed by atoms with Gasteiger partial charge in [-0.2, -0.15) is 0 Å². The maximum Gasteiger partial charge on any atom is 0.373 e. The van der Waals surface area contributed by atoms with Gasteiger partial charge in [0.05, 0.1) is 13.7 Å². The summed E-state index contributed by atoms with van der Waals surface area (Å²) < 4.78 is 10.1. The third kappa shape index (κ3) is 3.95. The molecule has 4 nitrogen and oxygen atoms in total. The Bertz CT molecular complexity index is 586. The van der Waals surface area contributed by atoms with Crippen LogP contribution in [-0.4, -0.2) is 13.1 Å². The van der Waals surface area contributed by atoms with E-state index in [4.69, 9.17) is 4.42 Å². The van der Waals surface area contributed by atoms with Gasteiger partial charge in [0.1, 0.15) is 5.76 Å². The average molecular weight is 287 g/mol. The van der Waals surface area contributed by atoms with Crippen LogP contribution in [0.4, 0.5) is 0 Å². The van der Waals surface area contributed by atoms with E-state index in [1.54, 1.807) is 12.1 Å². The van der Waals surface area contributed by atoms with Crippen LogP contribution in [-0.2, 0) is 11.3 Å². The molecule has 1 heterocycles. The van der Waals surface area contributed by atoms with Crippen molar-refractivity contribution in [2.45, 2.75) is 32.9 Å². The van der Waals surface area contributed by atoms with Crippen molar-refractivity contribution in [3.8, 4) is 0 Å². The number of carbonyl (C=O) groups is 1. The first-order valence-electron chi connectivity index (χ1n) is 7.11. The maximum absolute atomic E-state index is 11.3. The first-order chi connectivity index (χ1) is 10.1. The van der Waals surface area contributed by atoms with Gasteiger partial charge in [0.25, 0.3) is 0 Å². The molecule has 1 unspecified atom stereocenters. The minimum atomic E-state index is -0.452. The SMILES string of the molecule is CCC(NCc1ccc(C(=O)OC)o1)c1ccc(C)cc1. The van der Waals surface area contributed by atoms with Crippen LogP contribution in [0.5, 0.6) is 0 Å². The van der Waals surface area contributed by atoms with Gasteiger partial charge in [-0.15, -0.1) is 0 Å².